The monoisotopic (exact) mass is 362 g/mol. The summed E-state index contributed by atoms with van der Waals surface area (Å²) < 4.78 is 11.2. The largest absolute Gasteiger partial charge is 0.491 e. The zero-order chi connectivity index (χ0) is 18.5. The van der Waals surface area contributed by atoms with E-state index in [2.05, 4.69) is 22.3 Å². The molecule has 0 radical (unpaired) electrons. The summed E-state index contributed by atoms with van der Waals surface area (Å²) in [6.07, 6.45) is 2.09. The molecule has 0 unspecified atom stereocenters. The van der Waals surface area contributed by atoms with Crippen molar-refractivity contribution in [3.63, 3.8) is 0 Å². The molecule has 1 amide bonds. The number of ether oxygens (including phenoxy) is 2. The number of hydrogen-bond donors (Lipinski definition) is 2. The van der Waals surface area contributed by atoms with Crippen LogP contribution in [0.5, 0.6) is 5.75 Å². The molecule has 1 aliphatic carbocycles. The first kappa shape index (κ1) is 19.1. The summed E-state index contributed by atoms with van der Waals surface area (Å²) in [4.78, 5) is 14.0. The van der Waals surface area contributed by atoms with Crippen molar-refractivity contribution in [1.82, 2.24) is 10.2 Å². The maximum absolute atomic E-state index is 11.5. The van der Waals surface area contributed by atoms with Crippen LogP contribution in [0.2, 0.25) is 0 Å². The first-order valence-corrected chi connectivity index (χ1v) is 9.44. The minimum atomic E-state index is 0.0186. The van der Waals surface area contributed by atoms with Crippen molar-refractivity contribution in [1.29, 1.82) is 0 Å². The number of nitrogens with zero attached hydrogens (tertiary/aromatic N) is 1. The van der Waals surface area contributed by atoms with Gasteiger partial charge in [0.05, 0.1) is 18.8 Å². The lowest BCUT2D eigenvalue weighted by Gasteiger charge is -2.37. The number of fused-ring (bicyclic) bond motifs is 1. The average Bonchev–Trinajstić information content (AvgIpc) is 3.00. The maximum atomic E-state index is 11.5. The highest BCUT2D eigenvalue weighted by Gasteiger charge is 2.42. The molecule has 1 aromatic carbocycles. The second-order valence-corrected chi connectivity index (χ2v) is 7.49. The maximum Gasteiger partial charge on any atom is 0.217 e. The van der Waals surface area contributed by atoms with Crippen molar-refractivity contribution in [2.75, 3.05) is 33.4 Å². The molecule has 1 aliphatic heterocycles. The summed E-state index contributed by atoms with van der Waals surface area (Å²) in [5.74, 6) is 2.05. The fourth-order valence-electron chi connectivity index (χ4n) is 4.47. The molecule has 0 spiro atoms. The van der Waals surface area contributed by atoms with Gasteiger partial charge in [0.25, 0.3) is 0 Å². The molecule has 0 bridgehead atoms. The van der Waals surface area contributed by atoms with Gasteiger partial charge in [-0.2, -0.15) is 0 Å². The number of rotatable bonds is 7. The molecule has 1 aromatic rings. The van der Waals surface area contributed by atoms with E-state index in [1.165, 1.54) is 5.56 Å². The van der Waals surface area contributed by atoms with E-state index in [0.717, 1.165) is 38.2 Å². The van der Waals surface area contributed by atoms with Gasteiger partial charge in [-0.15, -0.1) is 0 Å². The Kier molecular flexibility index (Phi) is 6.51. The summed E-state index contributed by atoms with van der Waals surface area (Å²) >= 11 is 0. The molecule has 26 heavy (non-hydrogen) atoms. The minimum Gasteiger partial charge on any atom is -0.491 e. The van der Waals surface area contributed by atoms with Gasteiger partial charge in [0, 0.05) is 33.7 Å². The highest BCUT2D eigenvalue weighted by molar-refractivity contribution is 5.73. The van der Waals surface area contributed by atoms with Crippen molar-refractivity contribution in [3.8, 4) is 5.75 Å². The quantitative estimate of drug-likeness (QED) is 0.768. The van der Waals surface area contributed by atoms with E-state index in [0.29, 0.717) is 18.4 Å². The summed E-state index contributed by atoms with van der Waals surface area (Å²) in [5.41, 5.74) is 1.22. The van der Waals surface area contributed by atoms with E-state index in [1.807, 2.05) is 12.1 Å². The number of benzene rings is 1. The van der Waals surface area contributed by atoms with Gasteiger partial charge in [-0.3, -0.25) is 9.69 Å². The van der Waals surface area contributed by atoms with Gasteiger partial charge in [0.1, 0.15) is 12.4 Å². The Morgan fingerprint density at radius 1 is 1.31 bits per heavy atom. The van der Waals surface area contributed by atoms with Crippen molar-refractivity contribution in [2.45, 2.75) is 38.5 Å². The minimum absolute atomic E-state index is 0.0186. The van der Waals surface area contributed by atoms with Gasteiger partial charge in [-0.05, 0) is 42.4 Å². The molecule has 1 saturated carbocycles. The third kappa shape index (κ3) is 4.75. The molecule has 3 rings (SSSR count). The third-order valence-electron chi connectivity index (χ3n) is 5.55. The Bertz CT molecular complexity index is 609. The molecule has 2 aliphatic rings. The van der Waals surface area contributed by atoms with E-state index in [-0.39, 0.29) is 24.7 Å². The van der Waals surface area contributed by atoms with E-state index < -0.39 is 0 Å². The predicted octanol–water partition coefficient (Wildman–Crippen LogP) is 1.42. The van der Waals surface area contributed by atoms with Crippen LogP contribution in [0.4, 0.5) is 0 Å². The second-order valence-electron chi connectivity index (χ2n) is 7.49. The van der Waals surface area contributed by atoms with Gasteiger partial charge in [-0.1, -0.05) is 12.1 Å². The van der Waals surface area contributed by atoms with Gasteiger partial charge in [-0.25, -0.2) is 0 Å². The van der Waals surface area contributed by atoms with Crippen LogP contribution in [0, 0.1) is 11.8 Å². The molecule has 144 valence electrons. The van der Waals surface area contributed by atoms with E-state index in [4.69, 9.17) is 14.6 Å². The smallest absolute Gasteiger partial charge is 0.217 e. The van der Waals surface area contributed by atoms with E-state index >= 15 is 0 Å². The number of carbonyl (C=O) groups excluding carboxylic acids is 1. The van der Waals surface area contributed by atoms with E-state index in [1.54, 1.807) is 14.0 Å². The molecule has 6 nitrogen and oxygen atoms in total. The van der Waals surface area contributed by atoms with E-state index in [9.17, 15) is 4.79 Å². The molecule has 0 aromatic heterocycles. The standard InChI is InChI=1S/C20H30N2O4/c1-14(24)21-19-9-16-12-22(13-17(16)10-20(19)25-2)11-15-4-3-5-18(8-15)26-7-6-23/h3-5,8,16-17,19-20,23H,6-7,9-13H2,1-2H3,(H,21,24)/t16-,17+,19-,20-/m1/s1. The van der Waals surface area contributed by atoms with Gasteiger partial charge in [0.15, 0.2) is 0 Å². The topological polar surface area (TPSA) is 71.0 Å². The predicted molar refractivity (Wildman–Crippen MR) is 98.9 cm³/mol. The Hall–Kier alpha value is -1.63. The first-order chi connectivity index (χ1) is 12.6. The molecule has 4 atom stereocenters. The van der Waals surface area contributed by atoms with Crippen LogP contribution in [-0.2, 0) is 16.1 Å². The lowest BCUT2D eigenvalue weighted by atomic mass is 9.77. The zero-order valence-electron chi connectivity index (χ0n) is 15.7. The van der Waals surface area contributed by atoms with Crippen molar-refractivity contribution in [3.05, 3.63) is 29.8 Å². The highest BCUT2D eigenvalue weighted by Crippen LogP contribution is 2.38. The summed E-state index contributed by atoms with van der Waals surface area (Å²) in [6.45, 7) is 4.94. The van der Waals surface area contributed by atoms with Gasteiger partial charge in [0.2, 0.25) is 5.91 Å². The molecular formula is C20H30N2O4. The SMILES string of the molecule is CO[C@@H]1C[C@H]2CN(Cc3cccc(OCCO)c3)C[C@H]2C[C@H]1NC(C)=O. The Morgan fingerprint density at radius 3 is 2.77 bits per heavy atom. The van der Waals surface area contributed by atoms with Crippen LogP contribution in [0.3, 0.4) is 0 Å². The number of aliphatic hydroxyl groups is 1. The van der Waals surface area contributed by atoms with Crippen LogP contribution in [0.15, 0.2) is 24.3 Å². The van der Waals surface area contributed by atoms with Crippen LogP contribution >= 0.6 is 0 Å². The van der Waals surface area contributed by atoms with Crippen LogP contribution < -0.4 is 10.1 Å². The van der Waals surface area contributed by atoms with Gasteiger partial charge < -0.3 is 19.9 Å². The fourth-order valence-corrected chi connectivity index (χ4v) is 4.47. The normalized spacial score (nSPS) is 28.6. The number of carbonyl (C=O) groups is 1. The van der Waals surface area contributed by atoms with Crippen LogP contribution in [-0.4, -0.2) is 61.5 Å². The number of aliphatic hydroxyl groups excluding tert-OH is 1. The van der Waals surface area contributed by atoms with Crippen molar-refractivity contribution in [2.24, 2.45) is 11.8 Å². The summed E-state index contributed by atoms with van der Waals surface area (Å²) in [6, 6.07) is 8.21. The molecule has 1 saturated heterocycles. The van der Waals surface area contributed by atoms with Crippen LogP contribution in [0.1, 0.15) is 25.3 Å². The summed E-state index contributed by atoms with van der Waals surface area (Å²) in [7, 11) is 1.74. The lowest BCUT2D eigenvalue weighted by molar-refractivity contribution is -0.121. The number of methoxy groups -OCH3 is 1. The molecule has 6 heteroatoms. The second kappa shape index (κ2) is 8.84. The number of nitrogens with one attached hydrogen (secondary N) is 1. The Labute approximate surface area is 155 Å². The molecule has 2 fully saturated rings. The highest BCUT2D eigenvalue weighted by atomic mass is 16.5. The average molecular weight is 362 g/mol. The Balaban J connectivity index is 1.59. The fraction of sp³-hybridized carbons (Fsp3) is 0.650. The lowest BCUT2D eigenvalue weighted by Crippen LogP contribution is -2.49. The van der Waals surface area contributed by atoms with Crippen molar-refractivity contribution >= 4 is 5.91 Å². The Morgan fingerprint density at radius 2 is 2.08 bits per heavy atom. The van der Waals surface area contributed by atoms with Gasteiger partial charge >= 0.3 is 0 Å². The summed E-state index contributed by atoms with van der Waals surface area (Å²) in [5, 5.41) is 12.0. The number of likely N-dealkylation sites (tertiary alicyclic amines) is 1. The zero-order valence-corrected chi connectivity index (χ0v) is 15.7. The first-order valence-electron chi connectivity index (χ1n) is 9.44. The number of amides is 1. The molecular weight excluding hydrogens is 332 g/mol. The number of hydrogen-bond acceptors (Lipinski definition) is 5. The molecule has 2 N–H and O–H groups in total. The van der Waals surface area contributed by atoms with Crippen molar-refractivity contribution < 1.29 is 19.4 Å². The molecule has 1 heterocycles. The third-order valence-corrected chi connectivity index (χ3v) is 5.55. The van der Waals surface area contributed by atoms with Crippen LogP contribution in [0.25, 0.3) is 0 Å².